The minimum absolute atomic E-state index is 0.541. The number of piperidine rings is 1. The molecule has 0 unspecified atom stereocenters. The zero-order valence-corrected chi connectivity index (χ0v) is 14.2. The maximum absolute atomic E-state index is 5.37. The topological polar surface area (TPSA) is 67.9 Å². The first-order valence-corrected chi connectivity index (χ1v) is 9.50. The van der Waals surface area contributed by atoms with E-state index in [4.69, 9.17) is 4.52 Å². The van der Waals surface area contributed by atoms with Crippen LogP contribution in [0.25, 0.3) is 10.2 Å². The van der Waals surface area contributed by atoms with Gasteiger partial charge in [-0.2, -0.15) is 4.98 Å². The maximum Gasteiger partial charge on any atom is 0.229 e. The van der Waals surface area contributed by atoms with Crippen molar-refractivity contribution in [2.24, 2.45) is 5.92 Å². The van der Waals surface area contributed by atoms with Crippen molar-refractivity contribution in [3.63, 3.8) is 0 Å². The molecular weight excluding hydrogens is 322 g/mol. The molecule has 6 nitrogen and oxygen atoms in total. The van der Waals surface area contributed by atoms with Crippen LogP contribution in [0.2, 0.25) is 0 Å². The van der Waals surface area contributed by atoms with Crippen molar-refractivity contribution >= 4 is 27.4 Å². The molecule has 0 N–H and O–H groups in total. The highest BCUT2D eigenvalue weighted by Gasteiger charge is 2.30. The van der Waals surface area contributed by atoms with Gasteiger partial charge in [-0.3, -0.25) is 0 Å². The van der Waals surface area contributed by atoms with Gasteiger partial charge < -0.3 is 9.42 Å². The van der Waals surface area contributed by atoms with Crippen molar-refractivity contribution in [1.29, 1.82) is 0 Å². The van der Waals surface area contributed by atoms with Crippen molar-refractivity contribution in [3.05, 3.63) is 29.5 Å². The van der Waals surface area contributed by atoms with Crippen LogP contribution in [0.4, 0.5) is 5.82 Å². The Kier molecular flexibility index (Phi) is 3.47. The molecule has 7 heteroatoms. The highest BCUT2D eigenvalue weighted by molar-refractivity contribution is 7.17. The molecule has 24 heavy (non-hydrogen) atoms. The second kappa shape index (κ2) is 5.81. The first-order valence-electron chi connectivity index (χ1n) is 8.62. The number of hydrogen-bond acceptors (Lipinski definition) is 7. The Morgan fingerprint density at radius 1 is 1.17 bits per heavy atom. The van der Waals surface area contributed by atoms with Gasteiger partial charge in [-0.25, -0.2) is 9.97 Å². The number of rotatable bonds is 4. The first-order chi connectivity index (χ1) is 11.9. The van der Waals surface area contributed by atoms with Gasteiger partial charge in [0.1, 0.15) is 12.1 Å². The summed E-state index contributed by atoms with van der Waals surface area (Å²) in [4.78, 5) is 15.8. The Morgan fingerprint density at radius 2 is 2.04 bits per heavy atom. The Bertz CT molecular complexity index is 847. The molecule has 124 valence electrons. The fraction of sp³-hybridized carbons (Fsp3) is 0.529. The lowest BCUT2D eigenvalue weighted by Gasteiger charge is -2.32. The third-order valence-corrected chi connectivity index (χ3v) is 5.92. The van der Waals surface area contributed by atoms with Gasteiger partial charge in [-0.05, 0) is 43.0 Å². The molecule has 0 aromatic carbocycles. The van der Waals surface area contributed by atoms with Crippen LogP contribution >= 0.6 is 11.3 Å². The fourth-order valence-corrected chi connectivity index (χ4v) is 4.32. The highest BCUT2D eigenvalue weighted by atomic mass is 32.1. The second-order valence-electron chi connectivity index (χ2n) is 6.79. The monoisotopic (exact) mass is 341 g/mol. The zero-order valence-electron chi connectivity index (χ0n) is 13.4. The van der Waals surface area contributed by atoms with E-state index in [0.29, 0.717) is 11.8 Å². The number of nitrogens with zero attached hydrogens (tertiary/aromatic N) is 5. The van der Waals surface area contributed by atoms with E-state index >= 15 is 0 Å². The van der Waals surface area contributed by atoms with E-state index in [0.717, 1.165) is 55.4 Å². The predicted octanol–water partition coefficient (Wildman–Crippen LogP) is 3.41. The minimum Gasteiger partial charge on any atom is -0.355 e. The highest BCUT2D eigenvalue weighted by Crippen LogP contribution is 2.39. The molecule has 0 atom stereocenters. The molecule has 1 saturated heterocycles. The number of aromatic nitrogens is 4. The molecule has 2 fully saturated rings. The summed E-state index contributed by atoms with van der Waals surface area (Å²) < 4.78 is 6.57. The van der Waals surface area contributed by atoms with Gasteiger partial charge in [0.25, 0.3) is 0 Å². The maximum atomic E-state index is 5.37. The molecule has 1 saturated carbocycles. The van der Waals surface area contributed by atoms with Gasteiger partial charge in [-0.1, -0.05) is 5.16 Å². The van der Waals surface area contributed by atoms with E-state index in [1.807, 2.05) is 0 Å². The Hall–Kier alpha value is -2.02. The lowest BCUT2D eigenvalue weighted by atomic mass is 9.93. The zero-order chi connectivity index (χ0) is 15.9. The molecule has 0 spiro atoms. The molecule has 0 bridgehead atoms. The average molecular weight is 341 g/mol. The SMILES string of the molecule is c1nc(N2CCC(Cc3noc(C4CC4)n3)CC2)c2sccc2n1. The summed E-state index contributed by atoms with van der Waals surface area (Å²) in [6.45, 7) is 2.06. The summed E-state index contributed by atoms with van der Waals surface area (Å²) in [5.41, 5.74) is 1.05. The second-order valence-corrected chi connectivity index (χ2v) is 7.71. The third-order valence-electron chi connectivity index (χ3n) is 5.02. The molecule has 0 radical (unpaired) electrons. The van der Waals surface area contributed by atoms with Crippen LogP contribution in [0.3, 0.4) is 0 Å². The van der Waals surface area contributed by atoms with Crippen molar-refractivity contribution in [1.82, 2.24) is 20.1 Å². The summed E-state index contributed by atoms with van der Waals surface area (Å²) >= 11 is 1.72. The van der Waals surface area contributed by atoms with E-state index in [-0.39, 0.29) is 0 Å². The van der Waals surface area contributed by atoms with Crippen LogP contribution in [0.15, 0.2) is 22.3 Å². The molecular formula is C17H19N5OS. The standard InChI is InChI=1S/C17H19N5OS/c1-2-12(1)17-20-14(21-23-17)9-11-3-6-22(7-4-11)16-15-13(5-8-24-15)18-10-19-16/h5,8,10-12H,1-4,6-7,9H2. The van der Waals surface area contributed by atoms with Crippen LogP contribution < -0.4 is 4.90 Å². The van der Waals surface area contributed by atoms with E-state index in [1.165, 1.54) is 17.5 Å². The summed E-state index contributed by atoms with van der Waals surface area (Å²) in [6, 6.07) is 2.06. The fourth-order valence-electron chi connectivity index (χ4n) is 3.45. The number of anilines is 1. The largest absolute Gasteiger partial charge is 0.355 e. The van der Waals surface area contributed by atoms with Crippen LogP contribution in [-0.4, -0.2) is 33.2 Å². The Morgan fingerprint density at radius 3 is 2.88 bits per heavy atom. The molecule has 1 aliphatic carbocycles. The summed E-state index contributed by atoms with van der Waals surface area (Å²) in [6.07, 6.45) is 7.30. The van der Waals surface area contributed by atoms with Crippen LogP contribution in [-0.2, 0) is 6.42 Å². The quantitative estimate of drug-likeness (QED) is 0.724. The van der Waals surface area contributed by atoms with Gasteiger partial charge in [-0.15, -0.1) is 11.3 Å². The van der Waals surface area contributed by atoms with Gasteiger partial charge in [0.2, 0.25) is 5.89 Å². The van der Waals surface area contributed by atoms with Crippen LogP contribution in [0.1, 0.15) is 43.3 Å². The van der Waals surface area contributed by atoms with Gasteiger partial charge in [0.05, 0.1) is 10.2 Å². The number of hydrogen-bond donors (Lipinski definition) is 0. The number of thiophene rings is 1. The van der Waals surface area contributed by atoms with E-state index in [2.05, 4.69) is 36.5 Å². The van der Waals surface area contributed by atoms with Crippen molar-refractivity contribution in [3.8, 4) is 0 Å². The summed E-state index contributed by atoms with van der Waals surface area (Å²) in [5.74, 6) is 4.00. The summed E-state index contributed by atoms with van der Waals surface area (Å²) in [7, 11) is 0. The van der Waals surface area contributed by atoms with Crippen molar-refractivity contribution < 1.29 is 4.52 Å². The molecule has 4 heterocycles. The lowest BCUT2D eigenvalue weighted by molar-refractivity contribution is 0.358. The van der Waals surface area contributed by atoms with Gasteiger partial charge in [0.15, 0.2) is 5.82 Å². The third kappa shape index (κ3) is 2.66. The van der Waals surface area contributed by atoms with Gasteiger partial charge in [0, 0.05) is 25.4 Å². The van der Waals surface area contributed by atoms with Crippen molar-refractivity contribution in [2.45, 2.75) is 38.0 Å². The van der Waals surface area contributed by atoms with Crippen LogP contribution in [0.5, 0.6) is 0 Å². The predicted molar refractivity (Wildman–Crippen MR) is 92.3 cm³/mol. The molecule has 3 aromatic rings. The minimum atomic E-state index is 0.541. The Balaban J connectivity index is 1.24. The average Bonchev–Trinajstić information content (AvgIpc) is 3.17. The molecule has 2 aliphatic rings. The van der Waals surface area contributed by atoms with Crippen LogP contribution in [0, 0.1) is 5.92 Å². The molecule has 1 aliphatic heterocycles. The van der Waals surface area contributed by atoms with Gasteiger partial charge >= 0.3 is 0 Å². The Labute approximate surface area is 143 Å². The van der Waals surface area contributed by atoms with E-state index < -0.39 is 0 Å². The smallest absolute Gasteiger partial charge is 0.229 e. The lowest BCUT2D eigenvalue weighted by Crippen LogP contribution is -2.35. The molecule has 3 aromatic heterocycles. The first kappa shape index (κ1) is 14.3. The van der Waals surface area contributed by atoms with E-state index in [1.54, 1.807) is 17.7 Å². The molecule has 0 amide bonds. The van der Waals surface area contributed by atoms with Crippen molar-refractivity contribution in [2.75, 3.05) is 18.0 Å². The molecule has 5 rings (SSSR count). The number of fused-ring (bicyclic) bond motifs is 1. The normalized spacial score (nSPS) is 19.2. The van der Waals surface area contributed by atoms with E-state index in [9.17, 15) is 0 Å². The summed E-state index contributed by atoms with van der Waals surface area (Å²) in [5, 5.41) is 6.25.